The molecule has 0 aliphatic carbocycles. The van der Waals surface area contributed by atoms with Gasteiger partial charge in [0, 0.05) is 0 Å². The summed E-state index contributed by atoms with van der Waals surface area (Å²) in [6, 6.07) is 8.69. The first-order chi connectivity index (χ1) is 10.1. The van der Waals surface area contributed by atoms with Crippen LogP contribution in [0.5, 0.6) is 0 Å². The minimum atomic E-state index is -0.632. The average molecular weight is 289 g/mol. The van der Waals surface area contributed by atoms with E-state index in [9.17, 15) is 9.59 Å². The van der Waals surface area contributed by atoms with Crippen LogP contribution in [-0.2, 0) is 16.1 Å². The molecular formula is C15H19N3O3. The van der Waals surface area contributed by atoms with Crippen LogP contribution in [0.25, 0.3) is 0 Å². The third kappa shape index (κ3) is 3.59. The van der Waals surface area contributed by atoms with Crippen LogP contribution in [0.3, 0.4) is 0 Å². The van der Waals surface area contributed by atoms with Crippen molar-refractivity contribution in [2.45, 2.75) is 38.8 Å². The average Bonchev–Trinajstić information content (AvgIpc) is 2.77. The quantitative estimate of drug-likeness (QED) is 0.898. The molecule has 0 unspecified atom stereocenters. The third-order valence-corrected chi connectivity index (χ3v) is 3.30. The molecule has 0 radical (unpaired) electrons. The third-order valence-electron chi connectivity index (χ3n) is 3.30. The molecular weight excluding hydrogens is 270 g/mol. The molecule has 2 rings (SSSR count). The van der Waals surface area contributed by atoms with E-state index in [1.807, 2.05) is 37.3 Å². The van der Waals surface area contributed by atoms with Crippen LogP contribution in [0, 0.1) is 0 Å². The standard InChI is InChI=1S/C15H19N3O3/c1-2-3-9-12-13(19)17-14(16)18(12)15(20)21-10-11-7-5-4-6-8-11/h4-8,12H,2-3,9-10H2,1H3,(H2,16,17,19)/t12-/m0/s1. The zero-order chi connectivity index (χ0) is 15.2. The Hall–Kier alpha value is -2.37. The van der Waals surface area contributed by atoms with Crippen LogP contribution in [0.2, 0.25) is 0 Å². The number of hydrogen-bond donors (Lipinski definition) is 1. The lowest BCUT2D eigenvalue weighted by Gasteiger charge is -2.22. The Balaban J connectivity index is 1.99. The number of amides is 2. The summed E-state index contributed by atoms with van der Waals surface area (Å²) >= 11 is 0. The maximum atomic E-state index is 12.1. The van der Waals surface area contributed by atoms with Gasteiger partial charge in [0.2, 0.25) is 5.96 Å². The first kappa shape index (κ1) is 15.0. The largest absolute Gasteiger partial charge is 0.444 e. The molecule has 6 nitrogen and oxygen atoms in total. The summed E-state index contributed by atoms with van der Waals surface area (Å²) in [4.78, 5) is 28.7. The predicted octanol–water partition coefficient (Wildman–Crippen LogP) is 2.04. The van der Waals surface area contributed by atoms with Gasteiger partial charge in [-0.3, -0.25) is 4.79 Å². The summed E-state index contributed by atoms with van der Waals surface area (Å²) in [7, 11) is 0. The van der Waals surface area contributed by atoms with Crippen LogP contribution in [-0.4, -0.2) is 28.9 Å². The van der Waals surface area contributed by atoms with Crippen LogP contribution in [0.1, 0.15) is 31.7 Å². The Morgan fingerprint density at radius 2 is 2.10 bits per heavy atom. The number of hydrogen-bond acceptors (Lipinski definition) is 4. The van der Waals surface area contributed by atoms with Crippen molar-refractivity contribution in [1.82, 2.24) is 4.90 Å². The first-order valence-electron chi connectivity index (χ1n) is 7.01. The lowest BCUT2D eigenvalue weighted by molar-refractivity contribution is -0.120. The minimum Gasteiger partial charge on any atom is -0.444 e. The van der Waals surface area contributed by atoms with Gasteiger partial charge >= 0.3 is 6.09 Å². The van der Waals surface area contributed by atoms with Gasteiger partial charge in [-0.1, -0.05) is 50.1 Å². The van der Waals surface area contributed by atoms with Crippen molar-refractivity contribution in [2.24, 2.45) is 10.7 Å². The Kier molecular flexibility index (Phi) is 4.92. The van der Waals surface area contributed by atoms with E-state index in [2.05, 4.69) is 4.99 Å². The van der Waals surface area contributed by atoms with E-state index < -0.39 is 12.1 Å². The number of aliphatic imine (C=N–C) groups is 1. The lowest BCUT2D eigenvalue weighted by atomic mass is 10.1. The molecule has 1 heterocycles. The fourth-order valence-electron chi connectivity index (χ4n) is 2.17. The smallest absolute Gasteiger partial charge is 0.417 e. The topological polar surface area (TPSA) is 85.0 Å². The van der Waals surface area contributed by atoms with Crippen LogP contribution >= 0.6 is 0 Å². The maximum Gasteiger partial charge on any atom is 0.417 e. The highest BCUT2D eigenvalue weighted by Crippen LogP contribution is 2.18. The summed E-state index contributed by atoms with van der Waals surface area (Å²) in [6.07, 6.45) is 1.66. The zero-order valence-electron chi connectivity index (χ0n) is 12.0. The molecule has 0 aromatic heterocycles. The fraction of sp³-hybridized carbons (Fsp3) is 0.400. The number of benzene rings is 1. The van der Waals surface area contributed by atoms with Gasteiger partial charge in [0.05, 0.1) is 0 Å². The number of rotatable bonds is 5. The summed E-state index contributed by atoms with van der Waals surface area (Å²) < 4.78 is 5.21. The van der Waals surface area contributed by atoms with Crippen LogP contribution in [0.4, 0.5) is 4.79 Å². The molecule has 0 saturated carbocycles. The van der Waals surface area contributed by atoms with Crippen molar-refractivity contribution >= 4 is 18.0 Å². The van der Waals surface area contributed by atoms with E-state index in [0.29, 0.717) is 6.42 Å². The Bertz CT molecular complexity index is 542. The molecule has 2 amide bonds. The van der Waals surface area contributed by atoms with Crippen LogP contribution < -0.4 is 5.73 Å². The number of unbranched alkanes of at least 4 members (excludes halogenated alkanes) is 1. The van der Waals surface area contributed by atoms with Gasteiger partial charge in [-0.25, -0.2) is 9.69 Å². The van der Waals surface area contributed by atoms with Gasteiger partial charge in [0.15, 0.2) is 0 Å². The highest BCUT2D eigenvalue weighted by atomic mass is 16.6. The summed E-state index contributed by atoms with van der Waals surface area (Å²) in [5.41, 5.74) is 6.53. The number of nitrogens with zero attached hydrogens (tertiary/aromatic N) is 2. The molecule has 1 aliphatic heterocycles. The van der Waals surface area contributed by atoms with Crippen molar-refractivity contribution in [3.8, 4) is 0 Å². The van der Waals surface area contributed by atoms with Gasteiger partial charge in [0.1, 0.15) is 12.6 Å². The normalized spacial score (nSPS) is 17.8. The number of ether oxygens (including phenoxy) is 1. The van der Waals surface area contributed by atoms with Crippen molar-refractivity contribution in [3.05, 3.63) is 35.9 Å². The van der Waals surface area contributed by atoms with E-state index in [1.165, 1.54) is 0 Å². The van der Waals surface area contributed by atoms with E-state index in [-0.39, 0.29) is 18.5 Å². The van der Waals surface area contributed by atoms with E-state index in [4.69, 9.17) is 10.5 Å². The predicted molar refractivity (Wildman–Crippen MR) is 78.4 cm³/mol. The monoisotopic (exact) mass is 289 g/mol. The molecule has 0 saturated heterocycles. The van der Waals surface area contributed by atoms with Crippen molar-refractivity contribution in [2.75, 3.05) is 0 Å². The van der Waals surface area contributed by atoms with Gasteiger partial charge in [-0.2, -0.15) is 4.99 Å². The summed E-state index contributed by atoms with van der Waals surface area (Å²) in [5, 5.41) is 0. The Morgan fingerprint density at radius 1 is 1.38 bits per heavy atom. The van der Waals surface area contributed by atoms with Crippen molar-refractivity contribution < 1.29 is 14.3 Å². The molecule has 6 heteroatoms. The lowest BCUT2D eigenvalue weighted by Crippen LogP contribution is -2.46. The van der Waals surface area contributed by atoms with Gasteiger partial charge < -0.3 is 10.5 Å². The second-order valence-electron chi connectivity index (χ2n) is 4.88. The molecule has 1 aliphatic rings. The second kappa shape index (κ2) is 6.88. The highest BCUT2D eigenvalue weighted by molar-refractivity contribution is 6.09. The van der Waals surface area contributed by atoms with Gasteiger partial charge in [-0.05, 0) is 12.0 Å². The molecule has 0 fully saturated rings. The highest BCUT2D eigenvalue weighted by Gasteiger charge is 2.38. The van der Waals surface area contributed by atoms with Crippen molar-refractivity contribution in [3.63, 3.8) is 0 Å². The second-order valence-corrected chi connectivity index (χ2v) is 4.88. The van der Waals surface area contributed by atoms with E-state index in [0.717, 1.165) is 23.3 Å². The molecule has 112 valence electrons. The minimum absolute atomic E-state index is 0.0841. The van der Waals surface area contributed by atoms with Crippen molar-refractivity contribution in [1.29, 1.82) is 0 Å². The summed E-state index contributed by atoms with van der Waals surface area (Å²) in [5.74, 6) is -0.461. The zero-order valence-corrected chi connectivity index (χ0v) is 12.0. The SMILES string of the molecule is CCCC[C@H]1C(=O)N=C(N)N1C(=O)OCc1ccccc1. The Labute approximate surface area is 123 Å². The fourth-order valence-corrected chi connectivity index (χ4v) is 2.17. The molecule has 0 spiro atoms. The molecule has 21 heavy (non-hydrogen) atoms. The number of carbonyl (C=O) groups is 2. The van der Waals surface area contributed by atoms with E-state index >= 15 is 0 Å². The van der Waals surface area contributed by atoms with Crippen LogP contribution in [0.15, 0.2) is 35.3 Å². The maximum absolute atomic E-state index is 12.1. The number of carbonyl (C=O) groups excluding carboxylic acids is 2. The van der Waals surface area contributed by atoms with Gasteiger partial charge in [0.25, 0.3) is 5.91 Å². The molecule has 1 aromatic rings. The van der Waals surface area contributed by atoms with Gasteiger partial charge in [-0.15, -0.1) is 0 Å². The molecule has 2 N–H and O–H groups in total. The summed E-state index contributed by atoms with van der Waals surface area (Å²) in [6.45, 7) is 2.15. The number of nitrogens with two attached hydrogens (primary N) is 1. The first-order valence-corrected chi connectivity index (χ1v) is 7.01. The number of guanidine groups is 1. The molecule has 1 aromatic carbocycles. The molecule has 1 atom stereocenters. The molecule has 0 bridgehead atoms. The van der Waals surface area contributed by atoms with E-state index in [1.54, 1.807) is 0 Å². The Morgan fingerprint density at radius 3 is 2.76 bits per heavy atom.